The van der Waals surface area contributed by atoms with E-state index in [-0.39, 0.29) is 22.9 Å². The Morgan fingerprint density at radius 3 is 2.57 bits per heavy atom. The normalized spacial score (nSPS) is 11.6. The molecule has 0 atom stereocenters. The summed E-state index contributed by atoms with van der Waals surface area (Å²) < 4.78 is 25.7. The fourth-order valence-electron chi connectivity index (χ4n) is 2.96. The van der Waals surface area contributed by atoms with Crippen LogP contribution in [0.25, 0.3) is 16.2 Å². The summed E-state index contributed by atoms with van der Waals surface area (Å²) in [5.41, 5.74) is 2.94. The van der Waals surface area contributed by atoms with Crippen LogP contribution in [0.15, 0.2) is 71.1 Å². The number of hydrogen-bond donors (Lipinski definition) is 1. The summed E-state index contributed by atoms with van der Waals surface area (Å²) in [5, 5.41) is 4.60. The standard InChI is InChI=1S/C20H17N3O3S2/c1-28(25,26)18-10-6-5-9-16(18)21-19(24)11-15-13-27-20-22-17(12-23(15)20)14-7-3-2-4-8-14/h2-10,12-13H,11H2,1H3,(H,21,24). The number of imidazole rings is 1. The number of anilines is 1. The highest BCUT2D eigenvalue weighted by atomic mass is 32.2. The molecule has 0 bridgehead atoms. The number of thiazole rings is 1. The maximum absolute atomic E-state index is 12.5. The first-order chi connectivity index (χ1) is 13.4. The van der Waals surface area contributed by atoms with Crippen molar-refractivity contribution >= 4 is 37.7 Å². The number of nitrogens with zero attached hydrogens (tertiary/aromatic N) is 2. The molecule has 0 aliphatic heterocycles. The van der Waals surface area contributed by atoms with E-state index >= 15 is 0 Å². The van der Waals surface area contributed by atoms with Crippen molar-refractivity contribution in [3.63, 3.8) is 0 Å². The van der Waals surface area contributed by atoms with Gasteiger partial charge in [-0.2, -0.15) is 0 Å². The van der Waals surface area contributed by atoms with Crippen LogP contribution in [0.2, 0.25) is 0 Å². The van der Waals surface area contributed by atoms with E-state index in [1.54, 1.807) is 18.2 Å². The van der Waals surface area contributed by atoms with Gasteiger partial charge in [-0.3, -0.25) is 9.20 Å². The number of rotatable bonds is 5. The van der Waals surface area contributed by atoms with Crippen molar-refractivity contribution in [1.29, 1.82) is 0 Å². The molecule has 2 aromatic carbocycles. The van der Waals surface area contributed by atoms with Crippen LogP contribution in [0.3, 0.4) is 0 Å². The van der Waals surface area contributed by atoms with Crippen LogP contribution in [-0.2, 0) is 21.1 Å². The third-order valence-electron chi connectivity index (χ3n) is 4.26. The number of fused-ring (bicyclic) bond motifs is 1. The number of hydrogen-bond acceptors (Lipinski definition) is 5. The summed E-state index contributed by atoms with van der Waals surface area (Å²) in [4.78, 5) is 18.1. The Morgan fingerprint density at radius 2 is 1.82 bits per heavy atom. The largest absolute Gasteiger partial charge is 0.325 e. The first-order valence-electron chi connectivity index (χ1n) is 8.51. The molecule has 4 rings (SSSR count). The van der Waals surface area contributed by atoms with Crippen molar-refractivity contribution in [1.82, 2.24) is 9.38 Å². The van der Waals surface area contributed by atoms with E-state index in [0.717, 1.165) is 28.2 Å². The Labute approximate surface area is 166 Å². The molecule has 6 nitrogen and oxygen atoms in total. The fourth-order valence-corrected chi connectivity index (χ4v) is 4.67. The molecule has 0 aliphatic carbocycles. The number of carbonyl (C=O) groups excluding carboxylic acids is 1. The number of benzene rings is 2. The second-order valence-electron chi connectivity index (χ2n) is 6.37. The SMILES string of the molecule is CS(=O)(=O)c1ccccc1NC(=O)Cc1csc2nc(-c3ccccc3)cn12. The average Bonchev–Trinajstić information content (AvgIpc) is 3.24. The van der Waals surface area contributed by atoms with Crippen molar-refractivity contribution in [3.8, 4) is 11.3 Å². The van der Waals surface area contributed by atoms with E-state index in [9.17, 15) is 13.2 Å². The van der Waals surface area contributed by atoms with Gasteiger partial charge in [-0.1, -0.05) is 42.5 Å². The minimum absolute atomic E-state index is 0.104. The molecular weight excluding hydrogens is 394 g/mol. The molecule has 1 amide bonds. The molecule has 4 aromatic rings. The Morgan fingerprint density at radius 1 is 1.11 bits per heavy atom. The second-order valence-corrected chi connectivity index (χ2v) is 9.19. The number of aromatic nitrogens is 2. The Balaban J connectivity index is 1.58. The molecule has 0 saturated carbocycles. The summed E-state index contributed by atoms with van der Waals surface area (Å²) in [6.45, 7) is 0. The zero-order chi connectivity index (χ0) is 19.7. The van der Waals surface area contributed by atoms with Crippen molar-refractivity contribution < 1.29 is 13.2 Å². The van der Waals surface area contributed by atoms with Gasteiger partial charge in [0.1, 0.15) is 0 Å². The summed E-state index contributed by atoms with van der Waals surface area (Å²) in [5.74, 6) is -0.286. The van der Waals surface area contributed by atoms with Crippen LogP contribution in [0.1, 0.15) is 5.69 Å². The zero-order valence-corrected chi connectivity index (χ0v) is 16.6. The maximum Gasteiger partial charge on any atom is 0.230 e. The number of nitrogens with one attached hydrogen (secondary N) is 1. The molecule has 0 saturated heterocycles. The second kappa shape index (κ2) is 7.21. The topological polar surface area (TPSA) is 80.5 Å². The van der Waals surface area contributed by atoms with Crippen molar-refractivity contribution in [2.45, 2.75) is 11.3 Å². The Kier molecular flexibility index (Phi) is 4.74. The Bertz CT molecular complexity index is 1260. The van der Waals surface area contributed by atoms with Gasteiger partial charge < -0.3 is 5.32 Å². The quantitative estimate of drug-likeness (QED) is 0.544. The molecule has 8 heteroatoms. The summed E-state index contributed by atoms with van der Waals surface area (Å²) in [6, 6.07) is 16.2. The van der Waals surface area contributed by atoms with Crippen LogP contribution in [0.5, 0.6) is 0 Å². The van der Waals surface area contributed by atoms with E-state index < -0.39 is 9.84 Å². The van der Waals surface area contributed by atoms with Crippen LogP contribution >= 0.6 is 11.3 Å². The molecule has 0 radical (unpaired) electrons. The molecule has 2 heterocycles. The van der Waals surface area contributed by atoms with Gasteiger partial charge >= 0.3 is 0 Å². The third kappa shape index (κ3) is 3.69. The monoisotopic (exact) mass is 411 g/mol. The highest BCUT2D eigenvalue weighted by Crippen LogP contribution is 2.25. The molecule has 142 valence electrons. The number of carbonyl (C=O) groups is 1. The lowest BCUT2D eigenvalue weighted by Gasteiger charge is -2.09. The maximum atomic E-state index is 12.5. The summed E-state index contributed by atoms with van der Waals surface area (Å²) in [7, 11) is -3.43. The van der Waals surface area contributed by atoms with Gasteiger partial charge in [0, 0.05) is 29.1 Å². The summed E-state index contributed by atoms with van der Waals surface area (Å²) >= 11 is 1.46. The molecule has 0 spiro atoms. The molecule has 1 N–H and O–H groups in total. The zero-order valence-electron chi connectivity index (χ0n) is 15.0. The first kappa shape index (κ1) is 18.4. The molecule has 0 fully saturated rings. The lowest BCUT2D eigenvalue weighted by molar-refractivity contribution is -0.115. The molecular formula is C20H17N3O3S2. The van der Waals surface area contributed by atoms with Crippen molar-refractivity contribution in [3.05, 3.63) is 71.9 Å². The van der Waals surface area contributed by atoms with Gasteiger partial charge in [0.2, 0.25) is 5.91 Å². The minimum Gasteiger partial charge on any atom is -0.325 e. The summed E-state index contributed by atoms with van der Waals surface area (Å²) in [6.07, 6.45) is 3.15. The van der Waals surface area contributed by atoms with Gasteiger partial charge in [-0.25, -0.2) is 13.4 Å². The predicted octanol–water partition coefficient (Wildman–Crippen LogP) is 3.65. The lowest BCUT2D eigenvalue weighted by Crippen LogP contribution is -2.17. The number of sulfone groups is 1. The van der Waals surface area contributed by atoms with Gasteiger partial charge in [-0.15, -0.1) is 11.3 Å². The highest BCUT2D eigenvalue weighted by molar-refractivity contribution is 7.90. The number of amides is 1. The van der Waals surface area contributed by atoms with Crippen LogP contribution < -0.4 is 5.32 Å². The molecule has 28 heavy (non-hydrogen) atoms. The van der Waals surface area contributed by atoms with Crippen LogP contribution in [0, 0.1) is 0 Å². The first-order valence-corrected chi connectivity index (χ1v) is 11.3. The Hall–Kier alpha value is -2.97. The van der Waals surface area contributed by atoms with Gasteiger partial charge in [0.15, 0.2) is 14.8 Å². The van der Waals surface area contributed by atoms with Gasteiger partial charge in [0.25, 0.3) is 0 Å². The fraction of sp³-hybridized carbons (Fsp3) is 0.100. The van der Waals surface area contributed by atoms with Gasteiger partial charge in [-0.05, 0) is 12.1 Å². The average molecular weight is 412 g/mol. The smallest absolute Gasteiger partial charge is 0.230 e. The van der Waals surface area contributed by atoms with Gasteiger partial charge in [0.05, 0.1) is 22.7 Å². The van der Waals surface area contributed by atoms with Crippen LogP contribution in [0.4, 0.5) is 5.69 Å². The van der Waals surface area contributed by atoms with Crippen molar-refractivity contribution in [2.24, 2.45) is 0 Å². The van der Waals surface area contributed by atoms with E-state index in [1.165, 1.54) is 17.4 Å². The number of para-hydroxylation sites is 1. The third-order valence-corrected chi connectivity index (χ3v) is 6.30. The van der Waals surface area contributed by atoms with E-state index in [0.29, 0.717) is 0 Å². The predicted molar refractivity (Wildman–Crippen MR) is 110 cm³/mol. The van der Waals surface area contributed by atoms with E-state index in [2.05, 4.69) is 10.3 Å². The van der Waals surface area contributed by atoms with Crippen LogP contribution in [-0.4, -0.2) is 30.0 Å². The lowest BCUT2D eigenvalue weighted by atomic mass is 10.2. The molecule has 2 aromatic heterocycles. The van der Waals surface area contributed by atoms with E-state index in [4.69, 9.17) is 0 Å². The molecule has 0 aliphatic rings. The molecule has 0 unspecified atom stereocenters. The van der Waals surface area contributed by atoms with Crippen molar-refractivity contribution in [2.75, 3.05) is 11.6 Å². The van der Waals surface area contributed by atoms with E-state index in [1.807, 2.05) is 46.3 Å². The minimum atomic E-state index is -3.43. The highest BCUT2D eigenvalue weighted by Gasteiger charge is 2.16.